The number of likely N-dealkylation sites (tertiary alicyclic amines) is 1. The summed E-state index contributed by atoms with van der Waals surface area (Å²) in [4.78, 5) is 6.92. The summed E-state index contributed by atoms with van der Waals surface area (Å²) in [5.41, 5.74) is 9.80. The Balaban J connectivity index is 1.31. The number of aromatic nitrogens is 3. The number of anilines is 2. The zero-order valence-corrected chi connectivity index (χ0v) is 20.3. The molecule has 0 radical (unpaired) electrons. The molecule has 5 rings (SSSR count). The van der Waals surface area contributed by atoms with Gasteiger partial charge >= 0.3 is 0 Å². The second kappa shape index (κ2) is 9.81. The van der Waals surface area contributed by atoms with E-state index in [1.165, 1.54) is 18.5 Å². The molecule has 0 spiro atoms. The molecule has 0 saturated carbocycles. The summed E-state index contributed by atoms with van der Waals surface area (Å²) in [5.74, 6) is 0.927. The van der Waals surface area contributed by atoms with Gasteiger partial charge in [-0.2, -0.15) is 5.10 Å². The van der Waals surface area contributed by atoms with Crippen molar-refractivity contribution in [3.8, 4) is 5.75 Å². The Morgan fingerprint density at radius 1 is 1.17 bits per heavy atom. The van der Waals surface area contributed by atoms with E-state index in [2.05, 4.69) is 33.3 Å². The maximum atomic E-state index is 13.4. The molecule has 35 heavy (non-hydrogen) atoms. The maximum absolute atomic E-state index is 13.4. The van der Waals surface area contributed by atoms with Crippen LogP contribution in [0.15, 0.2) is 61.1 Å². The lowest BCUT2D eigenvalue weighted by molar-refractivity contribution is 0.165. The van der Waals surface area contributed by atoms with E-state index in [9.17, 15) is 4.39 Å². The Hall–Kier alpha value is -3.20. The van der Waals surface area contributed by atoms with Crippen LogP contribution in [0.4, 0.5) is 15.9 Å². The van der Waals surface area contributed by atoms with Crippen LogP contribution in [0.3, 0.4) is 0 Å². The molecule has 2 aromatic carbocycles. The fourth-order valence-electron chi connectivity index (χ4n) is 4.32. The minimum atomic E-state index is -0.296. The number of nitrogens with one attached hydrogen (secondary N) is 1. The third-order valence-electron chi connectivity index (χ3n) is 6.41. The van der Waals surface area contributed by atoms with Gasteiger partial charge in [-0.05, 0) is 67.3 Å². The molecule has 4 aromatic rings. The Morgan fingerprint density at radius 2 is 2.00 bits per heavy atom. The van der Waals surface area contributed by atoms with Crippen LogP contribution < -0.4 is 15.8 Å². The normalized spacial score (nSPS) is 15.9. The summed E-state index contributed by atoms with van der Waals surface area (Å²) >= 11 is 6.48. The Bertz CT molecular complexity index is 1330. The van der Waals surface area contributed by atoms with Crippen LogP contribution in [-0.4, -0.2) is 38.1 Å². The van der Waals surface area contributed by atoms with Crippen molar-refractivity contribution < 1.29 is 9.13 Å². The lowest BCUT2D eigenvalue weighted by Crippen LogP contribution is -2.47. The molecule has 0 atom stereocenters. The zero-order valence-electron chi connectivity index (χ0n) is 19.5. The number of piperidine rings is 1. The van der Waals surface area contributed by atoms with Gasteiger partial charge in [0, 0.05) is 37.1 Å². The van der Waals surface area contributed by atoms with Gasteiger partial charge in [0.2, 0.25) is 0 Å². The van der Waals surface area contributed by atoms with Gasteiger partial charge in [-0.1, -0.05) is 23.7 Å². The molecule has 3 heterocycles. The van der Waals surface area contributed by atoms with Crippen LogP contribution in [0.2, 0.25) is 5.02 Å². The van der Waals surface area contributed by atoms with E-state index in [1.54, 1.807) is 24.3 Å². The lowest BCUT2D eigenvalue weighted by atomic mass is 9.91. The summed E-state index contributed by atoms with van der Waals surface area (Å²) in [6.07, 6.45) is 5.43. The summed E-state index contributed by atoms with van der Waals surface area (Å²) in [7, 11) is 0. The molecule has 9 heteroatoms. The molecule has 0 bridgehead atoms. The van der Waals surface area contributed by atoms with Crippen molar-refractivity contribution in [2.75, 3.05) is 18.4 Å². The third-order valence-corrected chi connectivity index (χ3v) is 6.70. The quantitative estimate of drug-likeness (QED) is 0.369. The molecule has 1 aliphatic rings. The molecule has 1 fully saturated rings. The molecule has 0 unspecified atom stereocenters. The zero-order chi connectivity index (χ0) is 24.4. The minimum absolute atomic E-state index is 0.0817. The molecular formula is C26H28ClFN6O. The van der Waals surface area contributed by atoms with E-state index in [4.69, 9.17) is 22.1 Å². The molecule has 2 aromatic heterocycles. The van der Waals surface area contributed by atoms with Crippen molar-refractivity contribution in [3.05, 3.63) is 83.0 Å². The van der Waals surface area contributed by atoms with Gasteiger partial charge in [0.15, 0.2) is 5.82 Å². The van der Waals surface area contributed by atoms with Gasteiger partial charge in [-0.25, -0.2) is 13.9 Å². The van der Waals surface area contributed by atoms with Gasteiger partial charge in [0.25, 0.3) is 0 Å². The minimum Gasteiger partial charge on any atom is -0.487 e. The van der Waals surface area contributed by atoms with E-state index in [0.717, 1.165) is 54.8 Å². The van der Waals surface area contributed by atoms with Gasteiger partial charge in [-0.3, -0.25) is 4.90 Å². The smallest absolute Gasteiger partial charge is 0.158 e. The van der Waals surface area contributed by atoms with E-state index >= 15 is 0 Å². The van der Waals surface area contributed by atoms with Crippen LogP contribution in [0.1, 0.15) is 30.9 Å². The van der Waals surface area contributed by atoms with Crippen molar-refractivity contribution in [1.29, 1.82) is 0 Å². The Kier molecular flexibility index (Phi) is 6.60. The summed E-state index contributed by atoms with van der Waals surface area (Å²) < 4.78 is 21.0. The fraction of sp³-hybridized carbons (Fsp3) is 0.308. The second-order valence-electron chi connectivity index (χ2n) is 9.36. The molecule has 1 saturated heterocycles. The van der Waals surface area contributed by atoms with Crippen LogP contribution in [0, 0.1) is 5.82 Å². The first kappa shape index (κ1) is 23.5. The fourth-order valence-corrected chi connectivity index (χ4v) is 4.56. The molecule has 0 amide bonds. The van der Waals surface area contributed by atoms with Crippen LogP contribution in [0.5, 0.6) is 5.75 Å². The monoisotopic (exact) mass is 494 g/mol. The van der Waals surface area contributed by atoms with E-state index in [0.29, 0.717) is 16.6 Å². The number of nitrogens with two attached hydrogens (primary N) is 1. The number of hydrogen-bond acceptors (Lipinski definition) is 6. The highest BCUT2D eigenvalue weighted by Crippen LogP contribution is 2.31. The van der Waals surface area contributed by atoms with Crippen LogP contribution in [0.25, 0.3) is 5.52 Å². The number of rotatable bonds is 7. The molecule has 7 nitrogen and oxygen atoms in total. The lowest BCUT2D eigenvalue weighted by Gasteiger charge is -2.36. The Morgan fingerprint density at radius 3 is 2.77 bits per heavy atom. The first-order valence-electron chi connectivity index (χ1n) is 11.6. The average molecular weight is 495 g/mol. The van der Waals surface area contributed by atoms with Crippen molar-refractivity contribution in [2.24, 2.45) is 5.73 Å². The highest BCUT2D eigenvalue weighted by atomic mass is 35.5. The van der Waals surface area contributed by atoms with Crippen molar-refractivity contribution in [1.82, 2.24) is 19.5 Å². The van der Waals surface area contributed by atoms with Crippen molar-refractivity contribution >= 4 is 28.6 Å². The van der Waals surface area contributed by atoms with Crippen molar-refractivity contribution in [2.45, 2.75) is 38.5 Å². The van der Waals surface area contributed by atoms with Gasteiger partial charge in [0.1, 0.15) is 30.0 Å². The molecular weight excluding hydrogens is 467 g/mol. The van der Waals surface area contributed by atoms with Crippen molar-refractivity contribution in [3.63, 3.8) is 0 Å². The highest BCUT2D eigenvalue weighted by molar-refractivity contribution is 6.32. The van der Waals surface area contributed by atoms with Gasteiger partial charge < -0.3 is 15.8 Å². The predicted molar refractivity (Wildman–Crippen MR) is 136 cm³/mol. The number of benzene rings is 2. The first-order valence-corrected chi connectivity index (χ1v) is 12.0. The van der Waals surface area contributed by atoms with Crippen LogP contribution >= 0.6 is 11.6 Å². The summed E-state index contributed by atoms with van der Waals surface area (Å²) in [5, 5.41) is 8.19. The predicted octanol–water partition coefficient (Wildman–Crippen LogP) is 5.16. The number of halogens is 2. The number of nitrogens with zero attached hydrogens (tertiary/aromatic N) is 4. The molecule has 182 valence electrons. The number of fused-ring (bicyclic) bond motifs is 1. The largest absolute Gasteiger partial charge is 0.487 e. The van der Waals surface area contributed by atoms with Gasteiger partial charge in [0.05, 0.1) is 5.02 Å². The number of hydrogen-bond donors (Lipinski definition) is 2. The molecule has 0 aliphatic carbocycles. The third kappa shape index (κ3) is 5.56. The summed E-state index contributed by atoms with van der Waals surface area (Å²) in [6, 6.07) is 13.8. The first-order chi connectivity index (χ1) is 16.9. The molecule has 3 N–H and O–H groups in total. The standard InChI is InChI=1S/C26H28ClFN6O/c1-26(29)8-11-33(12-9-26)15-19-7-10-34-24(19)25(30-17-31-34)32-21-5-6-23(22(27)14-21)35-16-18-3-2-4-20(28)13-18/h2-7,10,13-14,17H,8-9,11-12,15-16,29H2,1H3,(H,30,31,32). The van der Waals surface area contributed by atoms with E-state index < -0.39 is 0 Å². The highest BCUT2D eigenvalue weighted by Gasteiger charge is 2.26. The maximum Gasteiger partial charge on any atom is 0.158 e. The van der Waals surface area contributed by atoms with Crippen LogP contribution in [-0.2, 0) is 13.2 Å². The Labute approximate surface area is 208 Å². The van der Waals surface area contributed by atoms with Gasteiger partial charge in [-0.15, -0.1) is 0 Å². The topological polar surface area (TPSA) is 80.7 Å². The average Bonchev–Trinajstić information content (AvgIpc) is 3.24. The van der Waals surface area contributed by atoms with E-state index in [-0.39, 0.29) is 18.0 Å². The number of ether oxygens (including phenoxy) is 1. The second-order valence-corrected chi connectivity index (χ2v) is 9.77. The molecule has 1 aliphatic heterocycles. The summed E-state index contributed by atoms with van der Waals surface area (Å²) in [6.45, 7) is 5.09. The van der Waals surface area contributed by atoms with E-state index in [1.807, 2.05) is 16.8 Å². The SMILES string of the molecule is CC1(N)CCN(Cc2ccn3ncnc(Nc4ccc(OCc5cccc(F)c5)c(Cl)c4)c23)CC1.